The van der Waals surface area contributed by atoms with Crippen LogP contribution in [-0.4, -0.2) is 39.7 Å². The summed E-state index contributed by atoms with van der Waals surface area (Å²) in [6, 6.07) is 16.5. The Morgan fingerprint density at radius 2 is 1.91 bits per heavy atom. The molecule has 9 heteroatoms. The molecule has 2 N–H and O–H groups in total. The SMILES string of the molecule is CCNC(=NCc1cccc(Cn2cncn2)c1)NCc1ccc(N2CCCC2=O)cc1.I. The summed E-state index contributed by atoms with van der Waals surface area (Å²) in [5.74, 6) is 0.982. The molecule has 0 unspecified atom stereocenters. The number of carbonyl (C=O) groups excluding carboxylic acids is 1. The van der Waals surface area contributed by atoms with Crippen LogP contribution in [0.15, 0.2) is 66.2 Å². The van der Waals surface area contributed by atoms with Gasteiger partial charge in [-0.3, -0.25) is 4.79 Å². The van der Waals surface area contributed by atoms with Gasteiger partial charge in [-0.15, -0.1) is 24.0 Å². The standard InChI is InChI=1S/C24H29N7O.HI/c1-2-26-24(27-14-19-8-10-22(11-9-19)31-12-4-7-23(31)32)28-15-20-5-3-6-21(13-20)16-30-18-25-17-29-30;/h3,5-6,8-11,13,17-18H,2,4,7,12,14-16H2,1H3,(H2,26,27,28);1H. The Hall–Kier alpha value is -2.95. The molecule has 0 aliphatic carbocycles. The maximum absolute atomic E-state index is 11.9. The summed E-state index contributed by atoms with van der Waals surface area (Å²) >= 11 is 0. The predicted octanol–water partition coefficient (Wildman–Crippen LogP) is 3.33. The zero-order valence-corrected chi connectivity index (χ0v) is 21.1. The molecule has 4 rings (SSSR count). The average molecular weight is 559 g/mol. The van der Waals surface area contributed by atoms with Crippen molar-refractivity contribution >= 4 is 41.5 Å². The molecule has 1 fully saturated rings. The number of amides is 1. The van der Waals surface area contributed by atoms with Crippen molar-refractivity contribution in [3.8, 4) is 0 Å². The van der Waals surface area contributed by atoms with Gasteiger partial charge in [0.05, 0.1) is 13.1 Å². The maximum Gasteiger partial charge on any atom is 0.227 e. The van der Waals surface area contributed by atoms with Crippen LogP contribution < -0.4 is 15.5 Å². The van der Waals surface area contributed by atoms with Crippen LogP contribution in [-0.2, 0) is 24.4 Å². The van der Waals surface area contributed by atoms with Gasteiger partial charge in [-0.2, -0.15) is 5.10 Å². The summed E-state index contributed by atoms with van der Waals surface area (Å²) in [4.78, 5) is 22.5. The maximum atomic E-state index is 11.9. The van der Waals surface area contributed by atoms with Gasteiger partial charge in [-0.25, -0.2) is 14.7 Å². The average Bonchev–Trinajstić information content (AvgIpc) is 3.48. The van der Waals surface area contributed by atoms with Crippen molar-refractivity contribution in [1.29, 1.82) is 0 Å². The van der Waals surface area contributed by atoms with Crippen LogP contribution in [0, 0.1) is 0 Å². The third-order valence-corrected chi connectivity index (χ3v) is 5.35. The number of aromatic nitrogens is 3. The molecule has 1 aliphatic rings. The van der Waals surface area contributed by atoms with Gasteiger partial charge in [0, 0.05) is 31.7 Å². The van der Waals surface area contributed by atoms with E-state index in [1.54, 1.807) is 17.3 Å². The summed E-state index contributed by atoms with van der Waals surface area (Å²) in [6.45, 7) is 5.58. The number of halogens is 1. The molecular weight excluding hydrogens is 529 g/mol. The lowest BCUT2D eigenvalue weighted by atomic mass is 10.1. The van der Waals surface area contributed by atoms with Crippen LogP contribution >= 0.6 is 24.0 Å². The first-order valence-electron chi connectivity index (χ1n) is 11.0. The first kappa shape index (κ1) is 24.7. The molecule has 1 aliphatic heterocycles. The van der Waals surface area contributed by atoms with Crippen molar-refractivity contribution in [3.63, 3.8) is 0 Å². The van der Waals surface area contributed by atoms with Crippen LogP contribution in [0.1, 0.15) is 36.5 Å². The first-order chi connectivity index (χ1) is 15.7. The fourth-order valence-corrected chi connectivity index (χ4v) is 3.74. The lowest BCUT2D eigenvalue weighted by Gasteiger charge is -2.16. The van der Waals surface area contributed by atoms with E-state index in [1.807, 2.05) is 23.1 Å². The summed E-state index contributed by atoms with van der Waals surface area (Å²) in [5.41, 5.74) is 4.42. The fourth-order valence-electron chi connectivity index (χ4n) is 3.74. The first-order valence-corrected chi connectivity index (χ1v) is 11.0. The number of nitrogens with one attached hydrogen (secondary N) is 2. The predicted molar refractivity (Wildman–Crippen MR) is 141 cm³/mol. The molecular formula is C24H30IN7O. The number of hydrogen-bond acceptors (Lipinski definition) is 4. The molecule has 0 atom stereocenters. The third kappa shape index (κ3) is 7.01. The third-order valence-electron chi connectivity index (χ3n) is 5.35. The Bertz CT molecular complexity index is 1050. The van der Waals surface area contributed by atoms with Gasteiger partial charge in [0.1, 0.15) is 12.7 Å². The molecule has 0 bridgehead atoms. The molecule has 33 heavy (non-hydrogen) atoms. The lowest BCUT2D eigenvalue weighted by Crippen LogP contribution is -2.36. The molecule has 1 saturated heterocycles. The van der Waals surface area contributed by atoms with E-state index in [1.165, 1.54) is 0 Å². The number of aliphatic imine (C=N–C) groups is 1. The Kier molecular flexibility index (Phi) is 9.23. The molecule has 1 amide bonds. The number of carbonyl (C=O) groups is 1. The van der Waals surface area contributed by atoms with E-state index in [-0.39, 0.29) is 29.9 Å². The van der Waals surface area contributed by atoms with Crippen LogP contribution in [0.25, 0.3) is 0 Å². The Morgan fingerprint density at radius 3 is 2.61 bits per heavy atom. The molecule has 0 spiro atoms. The summed E-state index contributed by atoms with van der Waals surface area (Å²) in [5, 5.41) is 10.9. The molecule has 2 aromatic carbocycles. The van der Waals surface area contributed by atoms with E-state index in [2.05, 4.69) is 58.0 Å². The quantitative estimate of drug-likeness (QED) is 0.251. The minimum absolute atomic E-state index is 0. The minimum atomic E-state index is 0. The van der Waals surface area contributed by atoms with Gasteiger partial charge < -0.3 is 15.5 Å². The monoisotopic (exact) mass is 559 g/mol. The Balaban J connectivity index is 0.00000306. The van der Waals surface area contributed by atoms with E-state index >= 15 is 0 Å². The van der Waals surface area contributed by atoms with Crippen molar-refractivity contribution in [2.24, 2.45) is 4.99 Å². The second-order valence-electron chi connectivity index (χ2n) is 7.78. The largest absolute Gasteiger partial charge is 0.357 e. The van der Waals surface area contributed by atoms with Crippen molar-refractivity contribution in [2.45, 2.75) is 39.4 Å². The molecule has 1 aromatic heterocycles. The van der Waals surface area contributed by atoms with Crippen molar-refractivity contribution < 1.29 is 4.79 Å². The topological polar surface area (TPSA) is 87.4 Å². The molecule has 2 heterocycles. The van der Waals surface area contributed by atoms with E-state index in [9.17, 15) is 4.79 Å². The van der Waals surface area contributed by atoms with E-state index in [0.29, 0.717) is 26.1 Å². The highest BCUT2D eigenvalue weighted by molar-refractivity contribution is 14.0. The van der Waals surface area contributed by atoms with E-state index < -0.39 is 0 Å². The highest BCUT2D eigenvalue weighted by atomic mass is 127. The number of anilines is 1. The minimum Gasteiger partial charge on any atom is -0.357 e. The van der Waals surface area contributed by atoms with Crippen molar-refractivity contribution in [3.05, 3.63) is 77.9 Å². The van der Waals surface area contributed by atoms with Crippen molar-refractivity contribution in [2.75, 3.05) is 18.0 Å². The highest BCUT2D eigenvalue weighted by Crippen LogP contribution is 2.21. The Morgan fingerprint density at radius 1 is 1.09 bits per heavy atom. The van der Waals surface area contributed by atoms with Gasteiger partial charge in [-0.05, 0) is 42.2 Å². The van der Waals surface area contributed by atoms with E-state index in [4.69, 9.17) is 4.99 Å². The number of guanidine groups is 1. The molecule has 0 saturated carbocycles. The van der Waals surface area contributed by atoms with Gasteiger partial charge in [0.25, 0.3) is 0 Å². The molecule has 174 valence electrons. The highest BCUT2D eigenvalue weighted by Gasteiger charge is 2.21. The summed E-state index contributed by atoms with van der Waals surface area (Å²) in [6.07, 6.45) is 4.85. The van der Waals surface area contributed by atoms with Crippen LogP contribution in [0.4, 0.5) is 5.69 Å². The zero-order chi connectivity index (χ0) is 22.2. The smallest absolute Gasteiger partial charge is 0.227 e. The lowest BCUT2D eigenvalue weighted by molar-refractivity contribution is -0.117. The van der Waals surface area contributed by atoms with Crippen LogP contribution in [0.2, 0.25) is 0 Å². The van der Waals surface area contributed by atoms with E-state index in [0.717, 1.165) is 47.8 Å². The fraction of sp³-hybridized carbons (Fsp3) is 0.333. The number of rotatable bonds is 8. The van der Waals surface area contributed by atoms with Gasteiger partial charge in [0.15, 0.2) is 5.96 Å². The summed E-state index contributed by atoms with van der Waals surface area (Å²) < 4.78 is 1.80. The number of nitrogens with zero attached hydrogens (tertiary/aromatic N) is 5. The Labute approximate surface area is 211 Å². The zero-order valence-electron chi connectivity index (χ0n) is 18.8. The van der Waals surface area contributed by atoms with Gasteiger partial charge >= 0.3 is 0 Å². The van der Waals surface area contributed by atoms with Gasteiger partial charge in [0.2, 0.25) is 5.91 Å². The number of hydrogen-bond donors (Lipinski definition) is 2. The molecule has 3 aromatic rings. The van der Waals surface area contributed by atoms with Crippen molar-refractivity contribution in [1.82, 2.24) is 25.4 Å². The van der Waals surface area contributed by atoms with Crippen LogP contribution in [0.5, 0.6) is 0 Å². The molecule has 0 radical (unpaired) electrons. The second kappa shape index (κ2) is 12.3. The second-order valence-corrected chi connectivity index (χ2v) is 7.78. The van der Waals surface area contributed by atoms with Gasteiger partial charge in [-0.1, -0.05) is 36.4 Å². The summed E-state index contributed by atoms with van der Waals surface area (Å²) in [7, 11) is 0. The van der Waals surface area contributed by atoms with Crippen LogP contribution in [0.3, 0.4) is 0 Å². The number of benzene rings is 2. The normalized spacial score (nSPS) is 13.7. The molecule has 8 nitrogen and oxygen atoms in total.